The van der Waals surface area contributed by atoms with Crippen LogP contribution in [0.1, 0.15) is 26.7 Å². The first kappa shape index (κ1) is 12.1. The maximum atomic E-state index is 4.23. The second kappa shape index (κ2) is 7.35. The zero-order valence-electron chi connectivity index (χ0n) is 8.95. The second-order valence-corrected chi connectivity index (χ2v) is 5.29. The van der Waals surface area contributed by atoms with Gasteiger partial charge >= 0.3 is 0 Å². The van der Waals surface area contributed by atoms with Crippen molar-refractivity contribution in [2.45, 2.75) is 26.7 Å². The molecule has 0 N–H and O–H groups in total. The van der Waals surface area contributed by atoms with Crippen LogP contribution < -0.4 is 0 Å². The molecule has 2 aliphatic heterocycles. The van der Waals surface area contributed by atoms with E-state index in [1.807, 2.05) is 23.5 Å². The van der Waals surface area contributed by atoms with E-state index in [1.165, 1.54) is 21.6 Å². The number of rotatable bonds is 2. The van der Waals surface area contributed by atoms with Gasteiger partial charge in [0.15, 0.2) is 0 Å². The van der Waals surface area contributed by atoms with Gasteiger partial charge < -0.3 is 0 Å². The molecular weight excluding hydrogens is 212 g/mol. The monoisotopic (exact) mass is 230 g/mol. The summed E-state index contributed by atoms with van der Waals surface area (Å²) in [4.78, 5) is 8.47. The van der Waals surface area contributed by atoms with E-state index in [1.54, 1.807) is 0 Å². The normalized spacial score (nSPS) is 19.9. The van der Waals surface area contributed by atoms with Crippen molar-refractivity contribution in [3.05, 3.63) is 0 Å². The largest absolute Gasteiger partial charge is 0.282 e. The van der Waals surface area contributed by atoms with Gasteiger partial charge in [-0.15, -0.1) is 23.5 Å². The maximum Gasteiger partial charge on any atom is 0.0674 e. The highest BCUT2D eigenvalue weighted by molar-refractivity contribution is 8.14. The summed E-state index contributed by atoms with van der Waals surface area (Å²) in [5.41, 5.74) is 0. The summed E-state index contributed by atoms with van der Waals surface area (Å²) in [7, 11) is 0. The van der Waals surface area contributed by atoms with Gasteiger partial charge in [0.25, 0.3) is 0 Å². The van der Waals surface area contributed by atoms with Gasteiger partial charge in [-0.2, -0.15) is 0 Å². The molecule has 0 fully saturated rings. The minimum Gasteiger partial charge on any atom is -0.282 e. The highest BCUT2D eigenvalue weighted by atomic mass is 32.2. The van der Waals surface area contributed by atoms with Crippen molar-refractivity contribution in [2.24, 2.45) is 9.98 Å². The highest BCUT2D eigenvalue weighted by Gasteiger charge is 2.02. The lowest BCUT2D eigenvalue weighted by atomic mass is 10.5. The molecule has 0 atom stereocenters. The standard InChI is InChI=1S/2C5H9NS/c2*1-2-5-6-3-4-7-5/h2*2-4H2,1H3. The number of hydrogen-bond donors (Lipinski definition) is 0. The quantitative estimate of drug-likeness (QED) is 0.728. The van der Waals surface area contributed by atoms with Gasteiger partial charge in [0, 0.05) is 24.6 Å². The first-order valence-electron chi connectivity index (χ1n) is 5.19. The van der Waals surface area contributed by atoms with Gasteiger partial charge in [-0.3, -0.25) is 9.98 Å². The number of aliphatic imine (C=N–C) groups is 2. The number of nitrogens with zero attached hydrogens (tertiary/aromatic N) is 2. The Labute approximate surface area is 95.1 Å². The molecule has 0 aromatic rings. The molecule has 0 spiro atoms. The van der Waals surface area contributed by atoms with E-state index in [-0.39, 0.29) is 0 Å². The summed E-state index contributed by atoms with van der Waals surface area (Å²) in [5, 5.41) is 2.67. The smallest absolute Gasteiger partial charge is 0.0674 e. The van der Waals surface area contributed by atoms with E-state index >= 15 is 0 Å². The van der Waals surface area contributed by atoms with Crippen molar-refractivity contribution in [1.82, 2.24) is 0 Å². The average molecular weight is 230 g/mol. The summed E-state index contributed by atoms with van der Waals surface area (Å²) < 4.78 is 0. The molecule has 2 heterocycles. The topological polar surface area (TPSA) is 24.7 Å². The van der Waals surface area contributed by atoms with E-state index < -0.39 is 0 Å². The lowest BCUT2D eigenvalue weighted by Gasteiger charge is -1.85. The molecule has 0 saturated carbocycles. The van der Waals surface area contributed by atoms with Crippen LogP contribution in [-0.4, -0.2) is 34.7 Å². The van der Waals surface area contributed by atoms with Crippen molar-refractivity contribution in [3.8, 4) is 0 Å². The van der Waals surface area contributed by atoms with Crippen LogP contribution in [0, 0.1) is 0 Å². The Hall–Kier alpha value is 0.0400. The number of thioether (sulfide) groups is 2. The van der Waals surface area contributed by atoms with E-state index in [2.05, 4.69) is 23.8 Å². The molecule has 0 aliphatic carbocycles. The van der Waals surface area contributed by atoms with Crippen molar-refractivity contribution >= 4 is 33.6 Å². The molecule has 14 heavy (non-hydrogen) atoms. The summed E-state index contributed by atoms with van der Waals surface area (Å²) in [5.74, 6) is 2.42. The molecule has 0 saturated heterocycles. The van der Waals surface area contributed by atoms with E-state index in [0.29, 0.717) is 0 Å². The third kappa shape index (κ3) is 4.51. The van der Waals surface area contributed by atoms with Crippen LogP contribution in [0.25, 0.3) is 0 Å². The minimum atomic E-state index is 1.05. The summed E-state index contributed by atoms with van der Waals surface area (Å²) >= 11 is 3.78. The molecule has 0 unspecified atom stereocenters. The Morgan fingerprint density at radius 2 is 1.36 bits per heavy atom. The van der Waals surface area contributed by atoms with Crippen LogP contribution >= 0.6 is 23.5 Å². The molecule has 0 aromatic heterocycles. The van der Waals surface area contributed by atoms with Crippen LogP contribution in [0.15, 0.2) is 9.98 Å². The SMILES string of the molecule is CCC1=NCCS1.CCC1=NCCS1. The van der Waals surface area contributed by atoms with E-state index in [0.717, 1.165) is 25.9 Å². The zero-order chi connectivity index (χ0) is 10.2. The lowest BCUT2D eigenvalue weighted by molar-refractivity contribution is 1.15. The summed E-state index contributed by atoms with van der Waals surface area (Å²) in [6.07, 6.45) is 2.26. The average Bonchev–Trinajstić information content (AvgIpc) is 2.92. The predicted octanol–water partition coefficient (Wildman–Crippen LogP) is 3.08. The van der Waals surface area contributed by atoms with Crippen LogP contribution in [-0.2, 0) is 0 Å². The van der Waals surface area contributed by atoms with Gasteiger partial charge in [-0.05, 0) is 12.8 Å². The Balaban J connectivity index is 0.000000140. The van der Waals surface area contributed by atoms with Gasteiger partial charge in [0.2, 0.25) is 0 Å². The lowest BCUT2D eigenvalue weighted by Crippen LogP contribution is -1.79. The first-order chi connectivity index (χ1) is 6.86. The summed E-state index contributed by atoms with van der Waals surface area (Å²) in [6, 6.07) is 0. The van der Waals surface area contributed by atoms with Crippen LogP contribution in [0.3, 0.4) is 0 Å². The predicted molar refractivity (Wildman–Crippen MR) is 70.1 cm³/mol. The molecule has 80 valence electrons. The number of hydrogen-bond acceptors (Lipinski definition) is 4. The Morgan fingerprint density at radius 3 is 1.50 bits per heavy atom. The fourth-order valence-corrected chi connectivity index (χ4v) is 2.80. The fraction of sp³-hybridized carbons (Fsp3) is 0.800. The first-order valence-corrected chi connectivity index (χ1v) is 7.16. The zero-order valence-corrected chi connectivity index (χ0v) is 10.6. The minimum absolute atomic E-state index is 1.05. The maximum absolute atomic E-state index is 4.23. The van der Waals surface area contributed by atoms with E-state index in [4.69, 9.17) is 0 Å². The molecular formula is C10H18N2S2. The molecule has 0 bridgehead atoms. The van der Waals surface area contributed by atoms with Crippen molar-refractivity contribution < 1.29 is 0 Å². The molecule has 2 nitrogen and oxygen atoms in total. The van der Waals surface area contributed by atoms with Crippen LogP contribution in [0.5, 0.6) is 0 Å². The van der Waals surface area contributed by atoms with Gasteiger partial charge in [-0.1, -0.05) is 13.8 Å². The Morgan fingerprint density at radius 1 is 0.929 bits per heavy atom. The Bertz CT molecular complexity index is 200. The third-order valence-electron chi connectivity index (χ3n) is 1.90. The van der Waals surface area contributed by atoms with Crippen molar-refractivity contribution in [1.29, 1.82) is 0 Å². The molecule has 4 heteroatoms. The molecule has 2 rings (SSSR count). The van der Waals surface area contributed by atoms with E-state index in [9.17, 15) is 0 Å². The Kier molecular flexibility index (Phi) is 6.36. The molecule has 2 aliphatic rings. The molecule has 0 amide bonds. The molecule has 0 aromatic carbocycles. The second-order valence-electron chi connectivity index (χ2n) is 2.95. The van der Waals surface area contributed by atoms with Crippen molar-refractivity contribution in [3.63, 3.8) is 0 Å². The van der Waals surface area contributed by atoms with Gasteiger partial charge in [0.05, 0.1) is 10.1 Å². The van der Waals surface area contributed by atoms with Crippen LogP contribution in [0.4, 0.5) is 0 Å². The fourth-order valence-electron chi connectivity index (χ4n) is 1.19. The highest BCUT2D eigenvalue weighted by Crippen LogP contribution is 2.13. The van der Waals surface area contributed by atoms with Gasteiger partial charge in [-0.25, -0.2) is 0 Å². The van der Waals surface area contributed by atoms with Crippen LogP contribution in [0.2, 0.25) is 0 Å². The van der Waals surface area contributed by atoms with Gasteiger partial charge in [0.1, 0.15) is 0 Å². The third-order valence-corrected chi connectivity index (χ3v) is 4.18. The summed E-state index contributed by atoms with van der Waals surface area (Å²) in [6.45, 7) is 6.40. The molecule has 0 radical (unpaired) electrons. The van der Waals surface area contributed by atoms with Crippen molar-refractivity contribution in [2.75, 3.05) is 24.6 Å².